The lowest BCUT2D eigenvalue weighted by Crippen LogP contribution is -2.08. The normalized spacial score (nSPS) is 11.0. The van der Waals surface area contributed by atoms with Gasteiger partial charge in [-0.25, -0.2) is 4.79 Å². The Morgan fingerprint density at radius 3 is 2.89 bits per heavy atom. The molecular formula is C13H14ClNO2S. The van der Waals surface area contributed by atoms with Gasteiger partial charge in [-0.15, -0.1) is 0 Å². The van der Waals surface area contributed by atoms with Crippen molar-refractivity contribution in [1.29, 1.82) is 0 Å². The number of carboxylic acid groups (broad SMARTS) is 1. The lowest BCUT2D eigenvalue weighted by atomic mass is 10.2. The molecule has 0 aliphatic rings. The standard InChI is InChI=1S/C13H14ClNO2S/c1-18-6-2-5-15-11-4-3-10(14)7-9(11)8-12(15)13(16)17/h3-4,7-8H,2,5-6H2,1H3,(H,16,17). The molecule has 1 aromatic heterocycles. The van der Waals surface area contributed by atoms with Crippen LogP contribution in [0.25, 0.3) is 10.9 Å². The monoisotopic (exact) mass is 283 g/mol. The quantitative estimate of drug-likeness (QED) is 0.850. The Labute approximate surface area is 115 Å². The molecule has 2 rings (SSSR count). The van der Waals surface area contributed by atoms with Gasteiger partial charge < -0.3 is 9.67 Å². The number of aromatic carboxylic acids is 1. The molecule has 1 heterocycles. The molecule has 18 heavy (non-hydrogen) atoms. The molecule has 0 atom stereocenters. The number of halogens is 1. The Morgan fingerprint density at radius 1 is 1.44 bits per heavy atom. The largest absolute Gasteiger partial charge is 0.477 e. The highest BCUT2D eigenvalue weighted by atomic mass is 35.5. The predicted molar refractivity (Wildman–Crippen MR) is 76.9 cm³/mol. The number of hydrogen-bond acceptors (Lipinski definition) is 2. The molecule has 1 aromatic carbocycles. The van der Waals surface area contributed by atoms with E-state index in [0.29, 0.717) is 17.3 Å². The highest BCUT2D eigenvalue weighted by molar-refractivity contribution is 7.98. The summed E-state index contributed by atoms with van der Waals surface area (Å²) in [5, 5.41) is 10.7. The smallest absolute Gasteiger partial charge is 0.352 e. The fraction of sp³-hybridized carbons (Fsp3) is 0.308. The number of benzene rings is 1. The summed E-state index contributed by atoms with van der Waals surface area (Å²) >= 11 is 7.69. The molecule has 2 aromatic rings. The van der Waals surface area contributed by atoms with Crippen LogP contribution in [0.15, 0.2) is 24.3 Å². The van der Waals surface area contributed by atoms with Crippen molar-refractivity contribution in [3.8, 4) is 0 Å². The van der Waals surface area contributed by atoms with E-state index in [0.717, 1.165) is 23.1 Å². The molecule has 3 nitrogen and oxygen atoms in total. The zero-order chi connectivity index (χ0) is 13.1. The van der Waals surface area contributed by atoms with Crippen LogP contribution in [0.3, 0.4) is 0 Å². The topological polar surface area (TPSA) is 42.2 Å². The van der Waals surface area contributed by atoms with Crippen LogP contribution in [-0.4, -0.2) is 27.7 Å². The minimum atomic E-state index is -0.897. The first-order valence-corrected chi connectivity index (χ1v) is 7.41. The number of carboxylic acids is 1. The van der Waals surface area contributed by atoms with Crippen LogP contribution in [0.5, 0.6) is 0 Å². The summed E-state index contributed by atoms with van der Waals surface area (Å²) in [5.74, 6) is 0.123. The van der Waals surface area contributed by atoms with Crippen LogP contribution in [0.2, 0.25) is 5.02 Å². The summed E-state index contributed by atoms with van der Waals surface area (Å²) in [6.45, 7) is 0.716. The van der Waals surface area contributed by atoms with E-state index in [9.17, 15) is 9.90 Å². The van der Waals surface area contributed by atoms with E-state index >= 15 is 0 Å². The lowest BCUT2D eigenvalue weighted by molar-refractivity contribution is 0.0685. The number of rotatable bonds is 5. The Balaban J connectivity index is 2.45. The second-order valence-electron chi connectivity index (χ2n) is 4.04. The molecule has 0 amide bonds. The van der Waals surface area contributed by atoms with Gasteiger partial charge in [0.15, 0.2) is 0 Å². The van der Waals surface area contributed by atoms with Gasteiger partial charge in [0, 0.05) is 22.5 Å². The first-order chi connectivity index (χ1) is 8.63. The van der Waals surface area contributed by atoms with E-state index < -0.39 is 5.97 Å². The van der Waals surface area contributed by atoms with Crippen LogP contribution in [0.1, 0.15) is 16.9 Å². The van der Waals surface area contributed by atoms with E-state index in [1.807, 2.05) is 16.9 Å². The number of aryl methyl sites for hydroxylation is 1. The molecule has 0 unspecified atom stereocenters. The van der Waals surface area contributed by atoms with Gasteiger partial charge in [-0.3, -0.25) is 0 Å². The minimum absolute atomic E-state index is 0.327. The maximum Gasteiger partial charge on any atom is 0.352 e. The van der Waals surface area contributed by atoms with Crippen LogP contribution < -0.4 is 0 Å². The third-order valence-electron chi connectivity index (χ3n) is 2.81. The second-order valence-corrected chi connectivity index (χ2v) is 5.46. The Morgan fingerprint density at radius 2 is 2.22 bits per heavy atom. The first-order valence-electron chi connectivity index (χ1n) is 5.64. The molecule has 0 bridgehead atoms. The molecule has 0 radical (unpaired) electrons. The molecule has 0 aliphatic heterocycles. The van der Waals surface area contributed by atoms with Gasteiger partial charge >= 0.3 is 5.97 Å². The van der Waals surface area contributed by atoms with E-state index in [2.05, 4.69) is 0 Å². The van der Waals surface area contributed by atoms with Gasteiger partial charge in [0.05, 0.1) is 0 Å². The van der Waals surface area contributed by atoms with Gasteiger partial charge in [0.25, 0.3) is 0 Å². The van der Waals surface area contributed by atoms with Gasteiger partial charge in [0.1, 0.15) is 5.69 Å². The SMILES string of the molecule is CSCCCn1c(C(=O)O)cc2cc(Cl)ccc21. The number of aromatic nitrogens is 1. The first kappa shape index (κ1) is 13.3. The fourth-order valence-corrected chi connectivity index (χ4v) is 2.63. The molecule has 1 N–H and O–H groups in total. The number of nitrogens with zero attached hydrogens (tertiary/aromatic N) is 1. The highest BCUT2D eigenvalue weighted by Crippen LogP contribution is 2.24. The molecule has 0 aliphatic carbocycles. The van der Waals surface area contributed by atoms with Crippen LogP contribution >= 0.6 is 23.4 Å². The van der Waals surface area contributed by atoms with Crippen molar-refractivity contribution in [2.75, 3.05) is 12.0 Å². The van der Waals surface area contributed by atoms with Gasteiger partial charge in [-0.2, -0.15) is 11.8 Å². The Bertz CT molecular complexity index is 580. The fourth-order valence-electron chi connectivity index (χ4n) is 2.03. The minimum Gasteiger partial charge on any atom is -0.477 e. The van der Waals surface area contributed by atoms with E-state index in [4.69, 9.17) is 11.6 Å². The van der Waals surface area contributed by atoms with E-state index in [-0.39, 0.29) is 0 Å². The van der Waals surface area contributed by atoms with Crippen LogP contribution in [-0.2, 0) is 6.54 Å². The van der Waals surface area contributed by atoms with Crippen molar-refractivity contribution in [3.63, 3.8) is 0 Å². The molecule has 0 saturated carbocycles. The Hall–Kier alpha value is -1.13. The predicted octanol–water partition coefficient (Wildman–Crippen LogP) is 3.75. The molecule has 0 fully saturated rings. The summed E-state index contributed by atoms with van der Waals surface area (Å²) in [6, 6.07) is 7.15. The number of thioether (sulfide) groups is 1. The van der Waals surface area contributed by atoms with Crippen molar-refractivity contribution in [2.45, 2.75) is 13.0 Å². The number of fused-ring (bicyclic) bond motifs is 1. The molecular weight excluding hydrogens is 270 g/mol. The zero-order valence-corrected chi connectivity index (χ0v) is 11.6. The average molecular weight is 284 g/mol. The summed E-state index contributed by atoms with van der Waals surface area (Å²) in [4.78, 5) is 11.2. The van der Waals surface area contributed by atoms with Crippen molar-refractivity contribution in [3.05, 3.63) is 35.0 Å². The summed E-state index contributed by atoms with van der Waals surface area (Å²) in [7, 11) is 0. The maximum absolute atomic E-state index is 11.2. The van der Waals surface area contributed by atoms with Crippen molar-refractivity contribution in [2.24, 2.45) is 0 Å². The molecule has 0 saturated heterocycles. The van der Waals surface area contributed by atoms with Gasteiger partial charge in [0.2, 0.25) is 0 Å². The lowest BCUT2D eigenvalue weighted by Gasteiger charge is -2.07. The summed E-state index contributed by atoms with van der Waals surface area (Å²) in [6.07, 6.45) is 3.00. The summed E-state index contributed by atoms with van der Waals surface area (Å²) in [5.41, 5.74) is 1.26. The van der Waals surface area contributed by atoms with Crippen molar-refractivity contribution < 1.29 is 9.90 Å². The molecule has 96 valence electrons. The summed E-state index contributed by atoms with van der Waals surface area (Å²) < 4.78 is 1.85. The second kappa shape index (κ2) is 5.67. The third-order valence-corrected chi connectivity index (χ3v) is 3.74. The van der Waals surface area contributed by atoms with Crippen molar-refractivity contribution >= 4 is 40.2 Å². The zero-order valence-electron chi connectivity index (χ0n) is 10.0. The van der Waals surface area contributed by atoms with Crippen LogP contribution in [0, 0.1) is 0 Å². The Kier molecular flexibility index (Phi) is 4.19. The van der Waals surface area contributed by atoms with E-state index in [1.165, 1.54) is 0 Å². The van der Waals surface area contributed by atoms with E-state index in [1.54, 1.807) is 30.0 Å². The van der Waals surface area contributed by atoms with Gasteiger partial charge in [-0.1, -0.05) is 11.6 Å². The molecule has 5 heteroatoms. The highest BCUT2D eigenvalue weighted by Gasteiger charge is 2.14. The third kappa shape index (κ3) is 2.65. The number of carbonyl (C=O) groups is 1. The molecule has 0 spiro atoms. The number of hydrogen-bond donors (Lipinski definition) is 1. The maximum atomic E-state index is 11.2. The van der Waals surface area contributed by atoms with Crippen LogP contribution in [0.4, 0.5) is 0 Å². The van der Waals surface area contributed by atoms with Crippen molar-refractivity contribution in [1.82, 2.24) is 4.57 Å². The average Bonchev–Trinajstić information content (AvgIpc) is 2.68. The van der Waals surface area contributed by atoms with Gasteiger partial charge in [-0.05, 0) is 42.7 Å².